The van der Waals surface area contributed by atoms with Gasteiger partial charge in [0.2, 0.25) is 0 Å². The molecule has 4 heteroatoms. The standard InChI is InChI=1S/C10H17N3O/c1-9-6-12-13(7-9)8-10(14)2-4-11-5-3-10/h6-7,11,14H,2-5,8H2,1H3. The van der Waals surface area contributed by atoms with Crippen molar-refractivity contribution >= 4 is 0 Å². The Kier molecular flexibility index (Phi) is 2.56. The van der Waals surface area contributed by atoms with E-state index in [1.165, 1.54) is 0 Å². The van der Waals surface area contributed by atoms with Crippen molar-refractivity contribution in [1.82, 2.24) is 15.1 Å². The molecule has 1 aliphatic rings. The first-order valence-corrected chi connectivity index (χ1v) is 5.10. The Morgan fingerprint density at radius 3 is 2.86 bits per heavy atom. The van der Waals surface area contributed by atoms with Crippen molar-refractivity contribution in [2.24, 2.45) is 0 Å². The van der Waals surface area contributed by atoms with Crippen molar-refractivity contribution in [3.05, 3.63) is 18.0 Å². The van der Waals surface area contributed by atoms with Crippen LogP contribution in [0.15, 0.2) is 12.4 Å². The van der Waals surface area contributed by atoms with Crippen LogP contribution in [0.2, 0.25) is 0 Å². The van der Waals surface area contributed by atoms with Crippen LogP contribution in [0.25, 0.3) is 0 Å². The average molecular weight is 195 g/mol. The molecule has 0 radical (unpaired) electrons. The van der Waals surface area contributed by atoms with E-state index in [2.05, 4.69) is 10.4 Å². The third kappa shape index (κ3) is 2.13. The number of nitrogens with one attached hydrogen (secondary N) is 1. The number of nitrogens with zero attached hydrogens (tertiary/aromatic N) is 2. The summed E-state index contributed by atoms with van der Waals surface area (Å²) in [5.41, 5.74) is 0.575. The molecule has 0 bridgehead atoms. The number of piperidine rings is 1. The summed E-state index contributed by atoms with van der Waals surface area (Å²) in [6, 6.07) is 0. The number of hydrogen-bond donors (Lipinski definition) is 2. The molecular formula is C10H17N3O. The van der Waals surface area contributed by atoms with Gasteiger partial charge in [0.1, 0.15) is 0 Å². The molecule has 0 saturated carbocycles. The summed E-state index contributed by atoms with van der Waals surface area (Å²) < 4.78 is 1.83. The van der Waals surface area contributed by atoms with Gasteiger partial charge in [-0.05, 0) is 38.4 Å². The summed E-state index contributed by atoms with van der Waals surface area (Å²) in [5, 5.41) is 17.7. The van der Waals surface area contributed by atoms with E-state index in [1.807, 2.05) is 24.0 Å². The highest BCUT2D eigenvalue weighted by atomic mass is 16.3. The summed E-state index contributed by atoms with van der Waals surface area (Å²) in [4.78, 5) is 0. The van der Waals surface area contributed by atoms with E-state index in [4.69, 9.17) is 0 Å². The van der Waals surface area contributed by atoms with Gasteiger partial charge in [-0.1, -0.05) is 0 Å². The molecule has 2 heterocycles. The molecule has 78 valence electrons. The second-order valence-corrected chi connectivity index (χ2v) is 4.19. The maximum absolute atomic E-state index is 10.2. The molecule has 2 rings (SSSR count). The van der Waals surface area contributed by atoms with E-state index in [0.717, 1.165) is 31.5 Å². The van der Waals surface area contributed by atoms with Crippen molar-refractivity contribution < 1.29 is 5.11 Å². The van der Waals surface area contributed by atoms with E-state index in [9.17, 15) is 5.11 Å². The van der Waals surface area contributed by atoms with Crippen LogP contribution in [0.1, 0.15) is 18.4 Å². The largest absolute Gasteiger partial charge is 0.388 e. The third-order valence-electron chi connectivity index (χ3n) is 2.75. The Balaban J connectivity index is 2.01. The molecule has 1 aromatic heterocycles. The Bertz CT molecular complexity index is 302. The summed E-state index contributed by atoms with van der Waals surface area (Å²) in [6.45, 7) is 4.42. The molecule has 0 spiro atoms. The van der Waals surface area contributed by atoms with Crippen LogP contribution in [0.3, 0.4) is 0 Å². The van der Waals surface area contributed by atoms with E-state index in [0.29, 0.717) is 6.54 Å². The van der Waals surface area contributed by atoms with Crippen molar-refractivity contribution in [1.29, 1.82) is 0 Å². The van der Waals surface area contributed by atoms with Crippen LogP contribution in [0, 0.1) is 6.92 Å². The quantitative estimate of drug-likeness (QED) is 0.714. The lowest BCUT2D eigenvalue weighted by molar-refractivity contribution is -0.00823. The van der Waals surface area contributed by atoms with Crippen molar-refractivity contribution in [3.63, 3.8) is 0 Å². The number of aliphatic hydroxyl groups is 1. The summed E-state index contributed by atoms with van der Waals surface area (Å²) >= 11 is 0. The molecule has 1 aromatic rings. The topological polar surface area (TPSA) is 50.1 Å². The van der Waals surface area contributed by atoms with E-state index < -0.39 is 5.60 Å². The predicted octanol–water partition coefficient (Wildman–Crippen LogP) is 0.306. The number of aromatic nitrogens is 2. The lowest BCUT2D eigenvalue weighted by atomic mass is 9.92. The summed E-state index contributed by atoms with van der Waals surface area (Å²) in [6.07, 6.45) is 5.42. The van der Waals surface area contributed by atoms with Gasteiger partial charge < -0.3 is 10.4 Å². The number of rotatable bonds is 2. The van der Waals surface area contributed by atoms with Gasteiger partial charge in [0.25, 0.3) is 0 Å². The normalized spacial score (nSPS) is 21.0. The van der Waals surface area contributed by atoms with Crippen LogP contribution < -0.4 is 5.32 Å². The number of hydrogen-bond acceptors (Lipinski definition) is 3. The van der Waals surface area contributed by atoms with Gasteiger partial charge in [0.05, 0.1) is 18.3 Å². The summed E-state index contributed by atoms with van der Waals surface area (Å²) in [7, 11) is 0. The lowest BCUT2D eigenvalue weighted by Gasteiger charge is -2.32. The lowest BCUT2D eigenvalue weighted by Crippen LogP contribution is -2.44. The van der Waals surface area contributed by atoms with Gasteiger partial charge in [-0.15, -0.1) is 0 Å². The van der Waals surface area contributed by atoms with Gasteiger partial charge >= 0.3 is 0 Å². The molecule has 2 N–H and O–H groups in total. The molecule has 0 amide bonds. The van der Waals surface area contributed by atoms with Gasteiger partial charge in [0.15, 0.2) is 0 Å². The minimum absolute atomic E-state index is 0.566. The van der Waals surface area contributed by atoms with Crippen LogP contribution in [-0.4, -0.2) is 33.6 Å². The molecule has 0 atom stereocenters. The van der Waals surface area contributed by atoms with E-state index in [-0.39, 0.29) is 0 Å². The minimum atomic E-state index is -0.566. The fourth-order valence-electron chi connectivity index (χ4n) is 1.91. The molecule has 14 heavy (non-hydrogen) atoms. The second-order valence-electron chi connectivity index (χ2n) is 4.19. The van der Waals surface area contributed by atoms with Crippen molar-refractivity contribution in [2.45, 2.75) is 31.9 Å². The van der Waals surface area contributed by atoms with E-state index in [1.54, 1.807) is 0 Å². The van der Waals surface area contributed by atoms with Gasteiger partial charge in [0, 0.05) is 6.20 Å². The highest BCUT2D eigenvalue weighted by Crippen LogP contribution is 2.19. The Morgan fingerprint density at radius 1 is 1.57 bits per heavy atom. The zero-order valence-corrected chi connectivity index (χ0v) is 8.53. The van der Waals surface area contributed by atoms with E-state index >= 15 is 0 Å². The van der Waals surface area contributed by atoms with Crippen molar-refractivity contribution in [3.8, 4) is 0 Å². The Hall–Kier alpha value is -0.870. The zero-order valence-electron chi connectivity index (χ0n) is 8.53. The third-order valence-corrected chi connectivity index (χ3v) is 2.75. The van der Waals surface area contributed by atoms with Gasteiger partial charge in [-0.25, -0.2) is 0 Å². The summed E-state index contributed by atoms with van der Waals surface area (Å²) in [5.74, 6) is 0. The maximum atomic E-state index is 10.2. The fourth-order valence-corrected chi connectivity index (χ4v) is 1.91. The van der Waals surface area contributed by atoms with Gasteiger partial charge in [-0.2, -0.15) is 5.10 Å². The molecule has 1 aliphatic heterocycles. The molecular weight excluding hydrogens is 178 g/mol. The first-order chi connectivity index (χ1) is 6.68. The Labute approximate surface area is 83.9 Å². The first-order valence-electron chi connectivity index (χ1n) is 5.10. The highest BCUT2D eigenvalue weighted by Gasteiger charge is 2.29. The van der Waals surface area contributed by atoms with Crippen LogP contribution >= 0.6 is 0 Å². The monoisotopic (exact) mass is 195 g/mol. The molecule has 4 nitrogen and oxygen atoms in total. The zero-order chi connectivity index (χ0) is 10.0. The van der Waals surface area contributed by atoms with Crippen LogP contribution in [0.4, 0.5) is 0 Å². The average Bonchev–Trinajstić information content (AvgIpc) is 2.51. The minimum Gasteiger partial charge on any atom is -0.388 e. The SMILES string of the molecule is Cc1cnn(CC2(O)CCNCC2)c1. The second kappa shape index (κ2) is 3.71. The van der Waals surface area contributed by atoms with Gasteiger partial charge in [-0.3, -0.25) is 4.68 Å². The highest BCUT2D eigenvalue weighted by molar-refractivity contribution is 5.00. The molecule has 0 unspecified atom stereocenters. The predicted molar refractivity (Wildman–Crippen MR) is 54.0 cm³/mol. The molecule has 0 aliphatic carbocycles. The molecule has 0 aromatic carbocycles. The van der Waals surface area contributed by atoms with Crippen LogP contribution in [0.5, 0.6) is 0 Å². The first kappa shape index (κ1) is 9.68. The van der Waals surface area contributed by atoms with Crippen molar-refractivity contribution in [2.75, 3.05) is 13.1 Å². The maximum Gasteiger partial charge on any atom is 0.0866 e. The molecule has 1 saturated heterocycles. The number of aryl methyl sites for hydroxylation is 1. The smallest absolute Gasteiger partial charge is 0.0866 e. The van der Waals surface area contributed by atoms with Crippen LogP contribution in [-0.2, 0) is 6.54 Å². The fraction of sp³-hybridized carbons (Fsp3) is 0.700. The Morgan fingerprint density at radius 2 is 2.29 bits per heavy atom. The molecule has 1 fully saturated rings.